The van der Waals surface area contributed by atoms with Gasteiger partial charge in [-0.2, -0.15) is 0 Å². The SMILES string of the molecule is CCOc1ccc(C(C)=O)cc1CN1CCC[C@@H]1CO. The van der Waals surface area contributed by atoms with Gasteiger partial charge in [-0.25, -0.2) is 0 Å². The molecule has 1 atom stereocenters. The van der Waals surface area contributed by atoms with Gasteiger partial charge in [0.25, 0.3) is 0 Å². The summed E-state index contributed by atoms with van der Waals surface area (Å²) in [4.78, 5) is 13.8. The minimum atomic E-state index is 0.0643. The first kappa shape index (κ1) is 15.0. The molecule has 1 aliphatic rings. The number of rotatable bonds is 6. The zero-order valence-electron chi connectivity index (χ0n) is 12.3. The molecular formula is C16H23NO3. The van der Waals surface area contributed by atoms with Crippen LogP contribution in [0.2, 0.25) is 0 Å². The number of aliphatic hydroxyl groups is 1. The molecule has 4 heteroatoms. The Bertz CT molecular complexity index is 473. The van der Waals surface area contributed by atoms with Crippen molar-refractivity contribution >= 4 is 5.78 Å². The molecule has 1 fully saturated rings. The molecule has 0 aliphatic carbocycles. The van der Waals surface area contributed by atoms with E-state index < -0.39 is 0 Å². The standard InChI is InChI=1S/C16H23NO3/c1-3-20-16-7-6-13(12(2)19)9-14(16)10-17-8-4-5-15(17)11-18/h6-7,9,15,18H,3-5,8,10-11H2,1-2H3/t15-/m1/s1. The summed E-state index contributed by atoms with van der Waals surface area (Å²) in [7, 11) is 0. The second-order valence-corrected chi connectivity index (χ2v) is 5.26. The predicted octanol–water partition coefficient (Wildman–Crippen LogP) is 2.24. The molecule has 0 spiro atoms. The van der Waals surface area contributed by atoms with Gasteiger partial charge < -0.3 is 9.84 Å². The number of hydrogen-bond donors (Lipinski definition) is 1. The van der Waals surface area contributed by atoms with Gasteiger partial charge in [-0.15, -0.1) is 0 Å². The van der Waals surface area contributed by atoms with E-state index in [1.165, 1.54) is 0 Å². The summed E-state index contributed by atoms with van der Waals surface area (Å²) in [6.07, 6.45) is 2.15. The fourth-order valence-corrected chi connectivity index (χ4v) is 2.75. The molecule has 1 aromatic carbocycles. The number of Topliss-reactive ketones (excluding diaryl/α,β-unsaturated/α-hetero) is 1. The first-order chi connectivity index (χ1) is 9.65. The molecule has 110 valence electrons. The van der Waals surface area contributed by atoms with Gasteiger partial charge in [0.15, 0.2) is 5.78 Å². The highest BCUT2D eigenvalue weighted by Crippen LogP contribution is 2.26. The van der Waals surface area contributed by atoms with Crippen LogP contribution < -0.4 is 4.74 Å². The number of ketones is 1. The zero-order valence-corrected chi connectivity index (χ0v) is 12.3. The van der Waals surface area contributed by atoms with Crippen LogP contribution in [-0.4, -0.2) is 41.6 Å². The van der Waals surface area contributed by atoms with Gasteiger partial charge in [0.05, 0.1) is 13.2 Å². The number of benzene rings is 1. The van der Waals surface area contributed by atoms with E-state index in [0.29, 0.717) is 12.2 Å². The second-order valence-electron chi connectivity index (χ2n) is 5.26. The van der Waals surface area contributed by atoms with E-state index in [-0.39, 0.29) is 18.4 Å². The summed E-state index contributed by atoms with van der Waals surface area (Å²) in [6, 6.07) is 5.83. The Hall–Kier alpha value is -1.39. The van der Waals surface area contributed by atoms with Crippen LogP contribution in [0.1, 0.15) is 42.6 Å². The summed E-state index contributed by atoms with van der Waals surface area (Å²) in [5.74, 6) is 0.899. The highest BCUT2D eigenvalue weighted by Gasteiger charge is 2.24. The van der Waals surface area contributed by atoms with E-state index in [4.69, 9.17) is 4.74 Å². The molecule has 0 radical (unpaired) electrons. The van der Waals surface area contributed by atoms with Gasteiger partial charge in [-0.3, -0.25) is 9.69 Å². The van der Waals surface area contributed by atoms with E-state index in [2.05, 4.69) is 4.90 Å². The fraction of sp³-hybridized carbons (Fsp3) is 0.562. The molecule has 0 bridgehead atoms. The summed E-state index contributed by atoms with van der Waals surface area (Å²) in [6.45, 7) is 6.04. The molecule has 4 nitrogen and oxygen atoms in total. The molecule has 20 heavy (non-hydrogen) atoms. The third-order valence-corrected chi connectivity index (χ3v) is 3.85. The molecule has 0 amide bonds. The number of carbonyl (C=O) groups is 1. The van der Waals surface area contributed by atoms with E-state index in [1.54, 1.807) is 6.92 Å². The molecule has 2 rings (SSSR count). The maximum Gasteiger partial charge on any atom is 0.159 e. The molecule has 1 N–H and O–H groups in total. The van der Waals surface area contributed by atoms with Crippen molar-refractivity contribution in [1.82, 2.24) is 4.90 Å². The van der Waals surface area contributed by atoms with E-state index in [0.717, 1.165) is 37.2 Å². The molecule has 1 saturated heterocycles. The van der Waals surface area contributed by atoms with Crippen LogP contribution in [0, 0.1) is 0 Å². The Morgan fingerprint density at radius 2 is 2.30 bits per heavy atom. The topological polar surface area (TPSA) is 49.8 Å². The van der Waals surface area contributed by atoms with Gasteiger partial charge in [0, 0.05) is 23.7 Å². The van der Waals surface area contributed by atoms with E-state index >= 15 is 0 Å². The van der Waals surface area contributed by atoms with Gasteiger partial charge in [-0.05, 0) is 51.4 Å². The van der Waals surface area contributed by atoms with Crippen molar-refractivity contribution in [3.8, 4) is 5.75 Å². The first-order valence-corrected chi connectivity index (χ1v) is 7.27. The lowest BCUT2D eigenvalue weighted by atomic mass is 10.1. The third-order valence-electron chi connectivity index (χ3n) is 3.85. The van der Waals surface area contributed by atoms with Crippen LogP contribution in [0.5, 0.6) is 5.75 Å². The molecule has 1 aliphatic heterocycles. The summed E-state index contributed by atoms with van der Waals surface area (Å²) >= 11 is 0. The first-order valence-electron chi connectivity index (χ1n) is 7.27. The van der Waals surface area contributed by atoms with Crippen molar-refractivity contribution in [2.45, 2.75) is 39.3 Å². The van der Waals surface area contributed by atoms with Gasteiger partial charge >= 0.3 is 0 Å². The Labute approximate surface area is 120 Å². The molecule has 0 saturated carbocycles. The lowest BCUT2D eigenvalue weighted by Gasteiger charge is -2.24. The van der Waals surface area contributed by atoms with Crippen molar-refractivity contribution < 1.29 is 14.6 Å². The van der Waals surface area contributed by atoms with Crippen molar-refractivity contribution in [2.24, 2.45) is 0 Å². The number of nitrogens with zero attached hydrogens (tertiary/aromatic N) is 1. The quantitative estimate of drug-likeness (QED) is 0.810. The van der Waals surface area contributed by atoms with Crippen LogP contribution in [0.4, 0.5) is 0 Å². The average molecular weight is 277 g/mol. The minimum Gasteiger partial charge on any atom is -0.494 e. The van der Waals surface area contributed by atoms with Crippen LogP contribution in [0.25, 0.3) is 0 Å². The summed E-state index contributed by atoms with van der Waals surface area (Å²) < 4.78 is 5.65. The van der Waals surface area contributed by atoms with Crippen molar-refractivity contribution in [3.63, 3.8) is 0 Å². The van der Waals surface area contributed by atoms with E-state index in [1.807, 2.05) is 25.1 Å². The van der Waals surface area contributed by atoms with Crippen LogP contribution >= 0.6 is 0 Å². The number of aliphatic hydroxyl groups excluding tert-OH is 1. The maximum atomic E-state index is 11.5. The molecular weight excluding hydrogens is 254 g/mol. The van der Waals surface area contributed by atoms with Crippen molar-refractivity contribution in [2.75, 3.05) is 19.8 Å². The molecule has 0 aromatic heterocycles. The lowest BCUT2D eigenvalue weighted by molar-refractivity contribution is 0.101. The smallest absolute Gasteiger partial charge is 0.159 e. The Morgan fingerprint density at radius 3 is 2.95 bits per heavy atom. The lowest BCUT2D eigenvalue weighted by Crippen LogP contribution is -2.31. The summed E-state index contributed by atoms with van der Waals surface area (Å²) in [5, 5.41) is 9.40. The number of ether oxygens (including phenoxy) is 1. The largest absolute Gasteiger partial charge is 0.494 e. The average Bonchev–Trinajstić information content (AvgIpc) is 2.88. The Morgan fingerprint density at radius 1 is 1.50 bits per heavy atom. The van der Waals surface area contributed by atoms with Crippen LogP contribution in [-0.2, 0) is 6.54 Å². The number of hydrogen-bond acceptors (Lipinski definition) is 4. The molecule has 1 heterocycles. The van der Waals surface area contributed by atoms with Crippen molar-refractivity contribution in [1.29, 1.82) is 0 Å². The fourth-order valence-electron chi connectivity index (χ4n) is 2.75. The van der Waals surface area contributed by atoms with Gasteiger partial charge in [0.2, 0.25) is 0 Å². The normalized spacial score (nSPS) is 19.2. The number of carbonyl (C=O) groups excluding carboxylic acids is 1. The van der Waals surface area contributed by atoms with Crippen LogP contribution in [0.3, 0.4) is 0 Å². The van der Waals surface area contributed by atoms with Gasteiger partial charge in [-0.1, -0.05) is 0 Å². The third kappa shape index (κ3) is 3.38. The Balaban J connectivity index is 2.22. The van der Waals surface area contributed by atoms with Gasteiger partial charge in [0.1, 0.15) is 5.75 Å². The molecule has 0 unspecified atom stereocenters. The second kappa shape index (κ2) is 6.86. The van der Waals surface area contributed by atoms with Crippen LogP contribution in [0.15, 0.2) is 18.2 Å². The highest BCUT2D eigenvalue weighted by atomic mass is 16.5. The minimum absolute atomic E-state index is 0.0643. The van der Waals surface area contributed by atoms with Crippen molar-refractivity contribution in [3.05, 3.63) is 29.3 Å². The monoisotopic (exact) mass is 277 g/mol. The van der Waals surface area contributed by atoms with E-state index in [9.17, 15) is 9.90 Å². The predicted molar refractivity (Wildman–Crippen MR) is 78.1 cm³/mol. The highest BCUT2D eigenvalue weighted by molar-refractivity contribution is 5.94. The molecule has 1 aromatic rings. The maximum absolute atomic E-state index is 11.5. The number of likely N-dealkylation sites (tertiary alicyclic amines) is 1. The summed E-state index contributed by atoms with van der Waals surface area (Å²) in [5.41, 5.74) is 1.74. The Kier molecular flexibility index (Phi) is 5.15. The zero-order chi connectivity index (χ0) is 14.5.